The van der Waals surface area contributed by atoms with Crippen LogP contribution in [0.2, 0.25) is 0 Å². The number of hydrogen-bond donors (Lipinski definition) is 2. The second-order valence-corrected chi connectivity index (χ2v) is 7.39. The SMILES string of the molecule is Nc1nc(N(Cc2cnccc2C(F)(F)F)CC2CCC(N)CC2)ncc1[N+](=O)[O-]. The van der Waals surface area contributed by atoms with Gasteiger partial charge in [-0.25, -0.2) is 4.98 Å². The lowest BCUT2D eigenvalue weighted by Gasteiger charge is -2.32. The molecule has 0 saturated heterocycles. The quantitative estimate of drug-likeness (QED) is 0.532. The molecule has 3 rings (SSSR count). The summed E-state index contributed by atoms with van der Waals surface area (Å²) in [6.45, 7) is 0.207. The van der Waals surface area contributed by atoms with Crippen LogP contribution in [0.1, 0.15) is 36.8 Å². The molecular weight excluding hydrogens is 403 g/mol. The molecule has 1 saturated carbocycles. The van der Waals surface area contributed by atoms with E-state index in [1.165, 1.54) is 0 Å². The van der Waals surface area contributed by atoms with Gasteiger partial charge in [-0.2, -0.15) is 18.2 Å². The van der Waals surface area contributed by atoms with Gasteiger partial charge in [-0.1, -0.05) is 0 Å². The van der Waals surface area contributed by atoms with Crippen LogP contribution in [0.15, 0.2) is 24.7 Å². The van der Waals surface area contributed by atoms with E-state index in [0.29, 0.717) is 6.54 Å². The first-order valence-electron chi connectivity index (χ1n) is 9.42. The fourth-order valence-corrected chi connectivity index (χ4v) is 3.61. The number of hydrogen-bond acceptors (Lipinski definition) is 8. The predicted molar refractivity (Wildman–Crippen MR) is 103 cm³/mol. The van der Waals surface area contributed by atoms with Gasteiger partial charge < -0.3 is 16.4 Å². The van der Waals surface area contributed by atoms with Crippen LogP contribution < -0.4 is 16.4 Å². The topological polar surface area (TPSA) is 137 Å². The Labute approximate surface area is 170 Å². The first kappa shape index (κ1) is 21.7. The van der Waals surface area contributed by atoms with Gasteiger partial charge >= 0.3 is 11.9 Å². The van der Waals surface area contributed by atoms with Crippen LogP contribution >= 0.6 is 0 Å². The van der Waals surface area contributed by atoms with Crippen LogP contribution in [0.5, 0.6) is 0 Å². The largest absolute Gasteiger partial charge is 0.416 e. The van der Waals surface area contributed by atoms with Crippen LogP contribution in [-0.4, -0.2) is 32.5 Å². The number of rotatable bonds is 6. The number of halogens is 3. The molecule has 0 aliphatic heterocycles. The summed E-state index contributed by atoms with van der Waals surface area (Å²) < 4.78 is 40.3. The summed E-state index contributed by atoms with van der Waals surface area (Å²) in [6.07, 6.45) is 1.94. The first-order valence-corrected chi connectivity index (χ1v) is 9.42. The first-order chi connectivity index (χ1) is 14.1. The molecule has 2 aromatic heterocycles. The second kappa shape index (κ2) is 8.78. The zero-order valence-corrected chi connectivity index (χ0v) is 16.0. The number of nitrogens with two attached hydrogens (primary N) is 2. The summed E-state index contributed by atoms with van der Waals surface area (Å²) in [6, 6.07) is 1.04. The average Bonchev–Trinajstić information content (AvgIpc) is 2.68. The van der Waals surface area contributed by atoms with Gasteiger partial charge in [0.15, 0.2) is 0 Å². The standard InChI is InChI=1S/C18H22F3N7O2/c19-18(20,21)14-5-6-24-7-12(14)10-27(9-11-1-3-13(22)4-2-11)17-25-8-15(28(29)30)16(23)26-17/h5-8,11,13H,1-4,9-10,22H2,(H2,23,25,26). The van der Waals surface area contributed by atoms with Gasteiger partial charge in [0.25, 0.3) is 0 Å². The molecule has 0 amide bonds. The molecule has 2 heterocycles. The van der Waals surface area contributed by atoms with Crippen molar-refractivity contribution < 1.29 is 18.1 Å². The Kier molecular flexibility index (Phi) is 6.34. The molecule has 0 spiro atoms. The molecule has 0 atom stereocenters. The Morgan fingerprint density at radius 2 is 1.93 bits per heavy atom. The van der Waals surface area contributed by atoms with E-state index in [9.17, 15) is 23.3 Å². The van der Waals surface area contributed by atoms with E-state index in [-0.39, 0.29) is 35.8 Å². The lowest BCUT2D eigenvalue weighted by Crippen LogP contribution is -2.35. The van der Waals surface area contributed by atoms with Crippen molar-refractivity contribution in [2.24, 2.45) is 11.7 Å². The number of nitro groups is 1. The third kappa shape index (κ3) is 5.12. The summed E-state index contributed by atoms with van der Waals surface area (Å²) in [5.41, 5.74) is 10.3. The number of anilines is 2. The Balaban J connectivity index is 1.92. The molecule has 1 aliphatic rings. The predicted octanol–water partition coefficient (Wildman–Crippen LogP) is 2.90. The van der Waals surface area contributed by atoms with Gasteiger partial charge in [-0.15, -0.1) is 0 Å². The fourth-order valence-electron chi connectivity index (χ4n) is 3.61. The normalized spacial score (nSPS) is 19.5. The van der Waals surface area contributed by atoms with Crippen LogP contribution in [0.3, 0.4) is 0 Å². The third-order valence-electron chi connectivity index (χ3n) is 5.20. The van der Waals surface area contributed by atoms with Gasteiger partial charge in [0, 0.05) is 37.1 Å². The Morgan fingerprint density at radius 1 is 1.23 bits per heavy atom. The zero-order valence-electron chi connectivity index (χ0n) is 16.0. The van der Waals surface area contributed by atoms with Crippen LogP contribution in [-0.2, 0) is 12.7 Å². The van der Waals surface area contributed by atoms with Gasteiger partial charge in [-0.05, 0) is 37.7 Å². The van der Waals surface area contributed by atoms with Crippen molar-refractivity contribution >= 4 is 17.5 Å². The molecule has 0 radical (unpaired) electrons. The Morgan fingerprint density at radius 3 is 2.53 bits per heavy atom. The van der Waals surface area contributed by atoms with Crippen molar-refractivity contribution in [1.29, 1.82) is 0 Å². The molecule has 12 heteroatoms. The maximum absolute atomic E-state index is 13.4. The van der Waals surface area contributed by atoms with Crippen LogP contribution in [0, 0.1) is 16.0 Å². The molecule has 162 valence electrons. The van der Waals surface area contributed by atoms with Crippen molar-refractivity contribution in [3.05, 3.63) is 45.9 Å². The van der Waals surface area contributed by atoms with Gasteiger partial charge in [0.05, 0.1) is 10.5 Å². The summed E-state index contributed by atoms with van der Waals surface area (Å²) in [4.78, 5) is 23.6. The molecule has 4 N–H and O–H groups in total. The molecule has 0 unspecified atom stereocenters. The summed E-state index contributed by atoms with van der Waals surface area (Å²) in [5, 5.41) is 11.0. The molecular formula is C18H22F3N7O2. The lowest BCUT2D eigenvalue weighted by atomic mass is 9.86. The smallest absolute Gasteiger partial charge is 0.378 e. The molecule has 0 bridgehead atoms. The summed E-state index contributed by atoms with van der Waals surface area (Å²) >= 11 is 0. The number of nitrogen functional groups attached to an aromatic ring is 1. The highest BCUT2D eigenvalue weighted by molar-refractivity contribution is 5.54. The monoisotopic (exact) mass is 425 g/mol. The third-order valence-corrected chi connectivity index (χ3v) is 5.20. The van der Waals surface area contributed by atoms with Crippen molar-refractivity contribution in [1.82, 2.24) is 15.0 Å². The number of aromatic nitrogens is 3. The fraction of sp³-hybridized carbons (Fsp3) is 0.500. The minimum Gasteiger partial charge on any atom is -0.378 e. The Bertz CT molecular complexity index is 902. The van der Waals surface area contributed by atoms with E-state index in [4.69, 9.17) is 11.5 Å². The molecule has 9 nitrogen and oxygen atoms in total. The van der Waals surface area contributed by atoms with Gasteiger partial charge in [0.1, 0.15) is 6.20 Å². The zero-order chi connectivity index (χ0) is 21.9. The van der Waals surface area contributed by atoms with Crippen molar-refractivity contribution in [2.45, 2.75) is 44.4 Å². The van der Waals surface area contributed by atoms with E-state index in [1.807, 2.05) is 0 Å². The molecule has 2 aromatic rings. The van der Waals surface area contributed by atoms with E-state index < -0.39 is 22.4 Å². The van der Waals surface area contributed by atoms with E-state index in [1.54, 1.807) is 4.90 Å². The van der Waals surface area contributed by atoms with Crippen molar-refractivity contribution in [3.63, 3.8) is 0 Å². The molecule has 1 aliphatic carbocycles. The molecule has 1 fully saturated rings. The van der Waals surface area contributed by atoms with Gasteiger partial charge in [0.2, 0.25) is 11.8 Å². The van der Waals surface area contributed by atoms with E-state index >= 15 is 0 Å². The summed E-state index contributed by atoms with van der Waals surface area (Å²) in [5.74, 6) is -0.135. The lowest BCUT2D eigenvalue weighted by molar-refractivity contribution is -0.384. The minimum absolute atomic E-state index is 0.0324. The number of pyridine rings is 1. The van der Waals surface area contributed by atoms with E-state index in [2.05, 4.69) is 15.0 Å². The van der Waals surface area contributed by atoms with E-state index in [0.717, 1.165) is 50.3 Å². The maximum Gasteiger partial charge on any atom is 0.416 e. The Hall–Kier alpha value is -3.02. The highest BCUT2D eigenvalue weighted by Gasteiger charge is 2.34. The number of nitrogens with zero attached hydrogens (tertiary/aromatic N) is 5. The average molecular weight is 425 g/mol. The maximum atomic E-state index is 13.4. The van der Waals surface area contributed by atoms with Crippen LogP contribution in [0.25, 0.3) is 0 Å². The highest BCUT2D eigenvalue weighted by Crippen LogP contribution is 2.33. The van der Waals surface area contributed by atoms with Crippen molar-refractivity contribution in [3.8, 4) is 0 Å². The number of alkyl halides is 3. The van der Waals surface area contributed by atoms with Crippen molar-refractivity contribution in [2.75, 3.05) is 17.2 Å². The second-order valence-electron chi connectivity index (χ2n) is 7.39. The van der Waals surface area contributed by atoms with Crippen LogP contribution in [0.4, 0.5) is 30.6 Å². The minimum atomic E-state index is -4.54. The highest BCUT2D eigenvalue weighted by atomic mass is 19.4. The van der Waals surface area contributed by atoms with Gasteiger partial charge in [-0.3, -0.25) is 15.1 Å². The summed E-state index contributed by atoms with van der Waals surface area (Å²) in [7, 11) is 0. The molecule has 30 heavy (non-hydrogen) atoms. The molecule has 0 aromatic carbocycles.